The fourth-order valence-corrected chi connectivity index (χ4v) is 7.46. The van der Waals surface area contributed by atoms with Crippen molar-refractivity contribution >= 4 is 27.8 Å². The number of nitrogens with one attached hydrogen (secondary N) is 1. The second kappa shape index (κ2) is 16.2. The number of nitrogens with two attached hydrogens (primary N) is 1. The van der Waals surface area contributed by atoms with E-state index in [1.807, 2.05) is 21.0 Å². The lowest BCUT2D eigenvalue weighted by atomic mass is 9.84. The summed E-state index contributed by atoms with van der Waals surface area (Å²) in [6, 6.07) is 4.82. The van der Waals surface area contributed by atoms with Crippen molar-refractivity contribution in [3.05, 3.63) is 24.4 Å². The molecule has 2 heterocycles. The molecule has 3 rings (SSSR count). The van der Waals surface area contributed by atoms with Crippen LogP contribution >= 0.6 is 0 Å². The van der Waals surface area contributed by atoms with E-state index in [1.54, 1.807) is 16.7 Å². The van der Waals surface area contributed by atoms with E-state index >= 15 is 0 Å². The standard InChI is InChI=1S/C29H47N7O5S/c1-4-31-21-35(18-10-17-34(2)3)25(19-22-11-6-5-7-12-22)29(39)36(42(40,41)27-13-8-9-16-32-27)24-15-14-23(28(30)38)33-20-26(24)37/h8-9,13,16,22-26,33,37H,4-7,10-12,14-15,17-20H2,1-3H3,(H-,30,38)/p+1/t23-,24+,25+,26+/m1/s1. The molecule has 1 aliphatic carbocycles. The van der Waals surface area contributed by atoms with Crippen LogP contribution in [0.25, 0.3) is 0 Å². The summed E-state index contributed by atoms with van der Waals surface area (Å²) in [5, 5.41) is 13.9. The van der Waals surface area contributed by atoms with Crippen molar-refractivity contribution in [2.24, 2.45) is 16.6 Å². The van der Waals surface area contributed by atoms with E-state index in [0.29, 0.717) is 19.5 Å². The van der Waals surface area contributed by atoms with Crippen LogP contribution < -0.4 is 11.1 Å². The van der Waals surface area contributed by atoms with Gasteiger partial charge in [0.05, 0.1) is 24.7 Å². The third kappa shape index (κ3) is 9.15. The number of β-amino-alcohol motifs (C(OH)–C–C–N with tert-alkyl or cyclic N) is 1. The van der Waals surface area contributed by atoms with Crippen LogP contribution in [0.4, 0.5) is 0 Å². The van der Waals surface area contributed by atoms with Gasteiger partial charge in [0.2, 0.25) is 5.91 Å². The Morgan fingerprint density at radius 2 is 1.95 bits per heavy atom. The van der Waals surface area contributed by atoms with E-state index in [0.717, 1.165) is 49.4 Å². The highest BCUT2D eigenvalue weighted by atomic mass is 32.2. The number of aliphatic hydroxyl groups is 1. The third-order valence-electron chi connectivity index (χ3n) is 8.10. The van der Waals surface area contributed by atoms with Crippen LogP contribution in [0.2, 0.25) is 0 Å². The van der Waals surface area contributed by atoms with Gasteiger partial charge in [-0.05, 0) is 63.3 Å². The van der Waals surface area contributed by atoms with Gasteiger partial charge in [0.1, 0.15) is 6.54 Å². The smallest absolute Gasteiger partial charge is 0.307 e. The van der Waals surface area contributed by atoms with Crippen molar-refractivity contribution < 1.29 is 27.7 Å². The van der Waals surface area contributed by atoms with E-state index in [1.165, 1.54) is 12.3 Å². The van der Waals surface area contributed by atoms with Crippen molar-refractivity contribution in [1.29, 1.82) is 0 Å². The Hall–Kier alpha value is -2.70. The summed E-state index contributed by atoms with van der Waals surface area (Å²) < 4.78 is 31.1. The molecule has 2 aliphatic rings. The molecule has 1 aliphatic heterocycles. The van der Waals surface area contributed by atoms with E-state index in [9.17, 15) is 23.1 Å². The van der Waals surface area contributed by atoms with Crippen LogP contribution in [0, 0.1) is 5.92 Å². The van der Waals surface area contributed by atoms with Crippen molar-refractivity contribution in [2.45, 2.75) is 94.0 Å². The highest BCUT2D eigenvalue weighted by Gasteiger charge is 2.46. The van der Waals surface area contributed by atoms with Crippen molar-refractivity contribution in [3.63, 3.8) is 0 Å². The number of rotatable bonds is 13. The second-order valence-corrected chi connectivity index (χ2v) is 13.3. The first-order valence-corrected chi connectivity index (χ1v) is 16.5. The predicted molar refractivity (Wildman–Crippen MR) is 160 cm³/mol. The monoisotopic (exact) mass is 606 g/mol. The van der Waals surface area contributed by atoms with E-state index in [2.05, 4.69) is 26.2 Å². The molecule has 2 amide bonds. The molecule has 0 aromatic carbocycles. The summed E-state index contributed by atoms with van der Waals surface area (Å²) in [6.45, 7) is 3.48. The number of aliphatic hydroxyl groups excluding tert-OH is 1. The van der Waals surface area contributed by atoms with Crippen molar-refractivity contribution in [1.82, 2.24) is 19.5 Å². The molecular weight excluding hydrogens is 558 g/mol. The fraction of sp³-hybridized carbons (Fsp3) is 0.724. The Kier molecular flexibility index (Phi) is 13.1. The average Bonchev–Trinajstić information content (AvgIpc) is 3.16. The number of nitrogens with zero attached hydrogens (tertiary/aromatic N) is 5. The zero-order valence-electron chi connectivity index (χ0n) is 25.2. The molecule has 0 unspecified atom stereocenters. The van der Waals surface area contributed by atoms with Crippen LogP contribution in [0.1, 0.15) is 64.7 Å². The molecule has 13 heteroatoms. The molecule has 0 radical (unpaired) electrons. The summed E-state index contributed by atoms with van der Waals surface area (Å²) in [5.41, 5.74) is 5.53. The van der Waals surface area contributed by atoms with Gasteiger partial charge in [-0.3, -0.25) is 9.59 Å². The number of hydrogen-bond acceptors (Lipinski definition) is 9. The third-order valence-corrected chi connectivity index (χ3v) is 9.83. The number of carbonyl (C=O) groups is 2. The molecule has 1 aromatic heterocycles. The van der Waals surface area contributed by atoms with Gasteiger partial charge >= 0.3 is 6.01 Å². The normalized spacial score (nSPS) is 22.5. The molecule has 12 nitrogen and oxygen atoms in total. The quantitative estimate of drug-likeness (QED) is 0.222. The molecule has 1 saturated heterocycles. The van der Waals surface area contributed by atoms with Crippen molar-refractivity contribution in [3.8, 4) is 0 Å². The fourth-order valence-electron chi connectivity index (χ4n) is 5.85. The van der Waals surface area contributed by atoms with Crippen LogP contribution in [-0.2, 0) is 19.6 Å². The Bertz CT molecular complexity index is 1200. The van der Waals surface area contributed by atoms with Crippen LogP contribution in [-0.4, -0.2) is 115 Å². The topological polar surface area (TPSA) is 161 Å². The van der Waals surface area contributed by atoms with Gasteiger partial charge in [-0.15, -0.1) is 0 Å². The Balaban J connectivity index is 2.12. The second-order valence-electron chi connectivity index (χ2n) is 11.6. The van der Waals surface area contributed by atoms with Gasteiger partial charge in [-0.1, -0.05) is 38.2 Å². The van der Waals surface area contributed by atoms with Gasteiger partial charge in [-0.25, -0.2) is 13.9 Å². The van der Waals surface area contributed by atoms with Gasteiger partial charge in [0.15, 0.2) is 11.1 Å². The zero-order chi connectivity index (χ0) is 30.7. The summed E-state index contributed by atoms with van der Waals surface area (Å²) in [7, 11) is -0.539. The number of carbonyl (C=O) groups excluding carboxylic acids is 2. The Morgan fingerprint density at radius 3 is 2.57 bits per heavy atom. The summed E-state index contributed by atoms with van der Waals surface area (Å²) in [4.78, 5) is 37.2. The minimum Gasteiger partial charge on any atom is -0.390 e. The molecular formula is C29H48N7O5S+. The lowest BCUT2D eigenvalue weighted by molar-refractivity contribution is -0.550. The first-order valence-electron chi connectivity index (χ1n) is 15.1. The lowest BCUT2D eigenvalue weighted by Gasteiger charge is -2.35. The van der Waals surface area contributed by atoms with Gasteiger partial charge in [0.25, 0.3) is 15.9 Å². The minimum atomic E-state index is -4.49. The van der Waals surface area contributed by atoms with E-state index < -0.39 is 46.1 Å². The Morgan fingerprint density at radius 1 is 1.21 bits per heavy atom. The molecule has 4 atom stereocenters. The number of amides is 2. The number of hydrogen-bond donors (Lipinski definition) is 3. The SMILES string of the molecule is CCN=C=[N+](CCCN(C)C)[C@@H](CC1CCCCC1)C(=O)N([C@H]1CC[C@H](C(N)=O)NC[C@@H]1O)S(=O)(=O)c1ccccn1. The summed E-state index contributed by atoms with van der Waals surface area (Å²) in [5.74, 6) is -0.996. The van der Waals surface area contributed by atoms with Crippen LogP contribution in [0.15, 0.2) is 34.4 Å². The molecule has 1 aromatic rings. The number of aromatic nitrogens is 1. The summed E-state index contributed by atoms with van der Waals surface area (Å²) >= 11 is 0. The average molecular weight is 607 g/mol. The van der Waals surface area contributed by atoms with Crippen LogP contribution in [0.5, 0.6) is 0 Å². The Labute approximate surface area is 250 Å². The van der Waals surface area contributed by atoms with Gasteiger partial charge in [-0.2, -0.15) is 8.42 Å². The molecule has 42 heavy (non-hydrogen) atoms. The first-order chi connectivity index (χ1) is 20.1. The highest BCUT2D eigenvalue weighted by molar-refractivity contribution is 7.89. The number of pyridine rings is 1. The molecule has 0 spiro atoms. The molecule has 1 saturated carbocycles. The number of primary amides is 1. The molecule has 2 fully saturated rings. The highest BCUT2D eigenvalue weighted by Crippen LogP contribution is 2.31. The summed E-state index contributed by atoms with van der Waals surface area (Å²) in [6.07, 6.45) is 6.70. The molecule has 0 bridgehead atoms. The number of sulfonamides is 1. The first kappa shape index (κ1) is 33.8. The number of aliphatic imine (C=N–C) groups is 1. The lowest BCUT2D eigenvalue weighted by Crippen LogP contribution is -2.56. The van der Waals surface area contributed by atoms with Crippen LogP contribution in [0.3, 0.4) is 0 Å². The zero-order valence-corrected chi connectivity index (χ0v) is 26.0. The maximum absolute atomic E-state index is 14.8. The van der Waals surface area contributed by atoms with Crippen molar-refractivity contribution in [2.75, 3.05) is 40.3 Å². The van der Waals surface area contributed by atoms with E-state index in [-0.39, 0.29) is 30.3 Å². The van der Waals surface area contributed by atoms with E-state index in [4.69, 9.17) is 5.73 Å². The van der Waals surface area contributed by atoms with Gasteiger partial charge in [0, 0.05) is 25.7 Å². The predicted octanol–water partition coefficient (Wildman–Crippen LogP) is 1.06. The molecule has 4 N–H and O–H groups in total. The largest absolute Gasteiger partial charge is 0.390 e. The maximum atomic E-state index is 14.8. The minimum absolute atomic E-state index is 0.0586. The maximum Gasteiger partial charge on any atom is 0.307 e. The van der Waals surface area contributed by atoms with Gasteiger partial charge < -0.3 is 21.1 Å². The molecule has 234 valence electrons.